The van der Waals surface area contributed by atoms with Gasteiger partial charge in [0.2, 0.25) is 0 Å². The van der Waals surface area contributed by atoms with E-state index in [-0.39, 0.29) is 5.54 Å². The lowest BCUT2D eigenvalue weighted by Crippen LogP contribution is -2.37. The SMILES string of the molecule is COC1CCN(c2ccc(CNC(C)(C)C)cn2)CC1. The molecular weight excluding hydrogens is 250 g/mol. The van der Waals surface area contributed by atoms with Gasteiger partial charge in [-0.3, -0.25) is 0 Å². The molecular formula is C16H27N3O. The van der Waals surface area contributed by atoms with Crippen molar-refractivity contribution in [2.45, 2.75) is 51.8 Å². The van der Waals surface area contributed by atoms with Crippen LogP contribution in [0.2, 0.25) is 0 Å². The van der Waals surface area contributed by atoms with Crippen molar-refractivity contribution < 1.29 is 4.74 Å². The molecule has 1 saturated heterocycles. The van der Waals surface area contributed by atoms with Gasteiger partial charge in [-0.25, -0.2) is 4.98 Å². The van der Waals surface area contributed by atoms with Gasteiger partial charge in [-0.05, 0) is 45.2 Å². The molecule has 0 saturated carbocycles. The van der Waals surface area contributed by atoms with Crippen molar-refractivity contribution in [3.05, 3.63) is 23.9 Å². The largest absolute Gasteiger partial charge is 0.381 e. The van der Waals surface area contributed by atoms with Crippen LogP contribution in [0.5, 0.6) is 0 Å². The number of hydrogen-bond donors (Lipinski definition) is 1. The summed E-state index contributed by atoms with van der Waals surface area (Å²) < 4.78 is 5.40. The van der Waals surface area contributed by atoms with Crippen LogP contribution in [-0.2, 0) is 11.3 Å². The lowest BCUT2D eigenvalue weighted by atomic mass is 10.1. The molecule has 20 heavy (non-hydrogen) atoms. The Hall–Kier alpha value is -1.13. The van der Waals surface area contributed by atoms with Gasteiger partial charge in [-0.2, -0.15) is 0 Å². The highest BCUT2D eigenvalue weighted by Crippen LogP contribution is 2.19. The van der Waals surface area contributed by atoms with E-state index in [1.165, 1.54) is 5.56 Å². The van der Waals surface area contributed by atoms with E-state index < -0.39 is 0 Å². The molecule has 1 aliphatic heterocycles. The van der Waals surface area contributed by atoms with Crippen molar-refractivity contribution in [2.75, 3.05) is 25.1 Å². The van der Waals surface area contributed by atoms with E-state index in [0.717, 1.165) is 38.3 Å². The average Bonchev–Trinajstić information content (AvgIpc) is 2.45. The van der Waals surface area contributed by atoms with Gasteiger partial charge in [0.15, 0.2) is 0 Å². The number of methoxy groups -OCH3 is 1. The van der Waals surface area contributed by atoms with E-state index in [1.54, 1.807) is 7.11 Å². The fraction of sp³-hybridized carbons (Fsp3) is 0.688. The zero-order valence-corrected chi connectivity index (χ0v) is 13.1. The molecule has 0 unspecified atom stereocenters. The molecule has 0 amide bonds. The monoisotopic (exact) mass is 277 g/mol. The third-order valence-electron chi connectivity index (χ3n) is 3.73. The van der Waals surface area contributed by atoms with Gasteiger partial charge < -0.3 is 15.0 Å². The molecule has 1 aliphatic rings. The third kappa shape index (κ3) is 4.46. The van der Waals surface area contributed by atoms with Crippen LogP contribution < -0.4 is 10.2 Å². The zero-order chi connectivity index (χ0) is 14.6. The van der Waals surface area contributed by atoms with Crippen LogP contribution in [-0.4, -0.2) is 36.8 Å². The Morgan fingerprint density at radius 3 is 2.50 bits per heavy atom. The van der Waals surface area contributed by atoms with E-state index >= 15 is 0 Å². The summed E-state index contributed by atoms with van der Waals surface area (Å²) in [6, 6.07) is 4.30. The maximum atomic E-state index is 5.40. The van der Waals surface area contributed by atoms with Crippen LogP contribution in [0.1, 0.15) is 39.2 Å². The first-order valence-corrected chi connectivity index (χ1v) is 7.45. The maximum Gasteiger partial charge on any atom is 0.128 e. The first-order chi connectivity index (χ1) is 9.48. The summed E-state index contributed by atoms with van der Waals surface area (Å²) in [4.78, 5) is 6.94. The number of rotatable bonds is 4. The van der Waals surface area contributed by atoms with Crippen molar-refractivity contribution >= 4 is 5.82 Å². The van der Waals surface area contributed by atoms with Crippen molar-refractivity contribution in [2.24, 2.45) is 0 Å². The van der Waals surface area contributed by atoms with Crippen LogP contribution in [0.3, 0.4) is 0 Å². The second-order valence-electron chi connectivity index (χ2n) is 6.55. The quantitative estimate of drug-likeness (QED) is 0.918. The standard InChI is InChI=1S/C16H27N3O/c1-16(2,3)18-12-13-5-6-15(17-11-13)19-9-7-14(20-4)8-10-19/h5-6,11,14,18H,7-10,12H2,1-4H3. The Balaban J connectivity index is 1.88. The summed E-state index contributed by atoms with van der Waals surface area (Å²) in [5.74, 6) is 1.08. The summed E-state index contributed by atoms with van der Waals surface area (Å²) in [7, 11) is 1.80. The highest BCUT2D eigenvalue weighted by atomic mass is 16.5. The third-order valence-corrected chi connectivity index (χ3v) is 3.73. The molecule has 1 fully saturated rings. The molecule has 1 aromatic heterocycles. The number of nitrogens with zero attached hydrogens (tertiary/aromatic N) is 2. The Morgan fingerprint density at radius 2 is 2.00 bits per heavy atom. The minimum atomic E-state index is 0.140. The predicted octanol–water partition coefficient (Wildman–Crippen LogP) is 2.58. The highest BCUT2D eigenvalue weighted by molar-refractivity contribution is 5.39. The van der Waals surface area contributed by atoms with Crippen molar-refractivity contribution in [3.63, 3.8) is 0 Å². The van der Waals surface area contributed by atoms with Crippen LogP contribution in [0.4, 0.5) is 5.82 Å². The summed E-state index contributed by atoms with van der Waals surface area (Å²) in [6.07, 6.45) is 4.58. The van der Waals surface area contributed by atoms with Crippen LogP contribution in [0, 0.1) is 0 Å². The van der Waals surface area contributed by atoms with E-state index in [4.69, 9.17) is 4.74 Å². The number of anilines is 1. The summed E-state index contributed by atoms with van der Waals surface area (Å²) in [6.45, 7) is 9.46. The number of pyridine rings is 1. The normalized spacial score (nSPS) is 17.5. The minimum absolute atomic E-state index is 0.140. The second kappa shape index (κ2) is 6.55. The second-order valence-corrected chi connectivity index (χ2v) is 6.55. The summed E-state index contributed by atoms with van der Waals surface area (Å²) >= 11 is 0. The van der Waals surface area contributed by atoms with E-state index in [0.29, 0.717) is 6.10 Å². The van der Waals surface area contributed by atoms with Gasteiger partial charge in [0.05, 0.1) is 6.10 Å². The van der Waals surface area contributed by atoms with Crippen molar-refractivity contribution in [3.8, 4) is 0 Å². The molecule has 0 bridgehead atoms. The molecule has 4 nitrogen and oxygen atoms in total. The first kappa shape index (κ1) is 15.3. The minimum Gasteiger partial charge on any atom is -0.381 e. The number of nitrogens with one attached hydrogen (secondary N) is 1. The molecule has 2 heterocycles. The molecule has 1 aromatic rings. The fourth-order valence-corrected chi connectivity index (χ4v) is 2.40. The number of hydrogen-bond acceptors (Lipinski definition) is 4. The lowest BCUT2D eigenvalue weighted by molar-refractivity contribution is 0.0818. The highest BCUT2D eigenvalue weighted by Gasteiger charge is 2.19. The number of aromatic nitrogens is 1. The number of piperidine rings is 1. The topological polar surface area (TPSA) is 37.4 Å². The fourth-order valence-electron chi connectivity index (χ4n) is 2.40. The van der Waals surface area contributed by atoms with Gasteiger partial charge >= 0.3 is 0 Å². The predicted molar refractivity (Wildman–Crippen MR) is 83.1 cm³/mol. The molecule has 0 spiro atoms. The van der Waals surface area contributed by atoms with Crippen LogP contribution in [0.15, 0.2) is 18.3 Å². The van der Waals surface area contributed by atoms with E-state index in [1.807, 2.05) is 6.20 Å². The molecule has 0 atom stereocenters. The molecule has 112 valence electrons. The zero-order valence-electron chi connectivity index (χ0n) is 13.1. The Kier molecular flexibility index (Phi) is 5.00. The summed E-state index contributed by atoms with van der Waals surface area (Å²) in [5, 5.41) is 3.48. The Bertz CT molecular complexity index is 403. The molecule has 1 N–H and O–H groups in total. The molecule has 0 radical (unpaired) electrons. The smallest absolute Gasteiger partial charge is 0.128 e. The van der Waals surface area contributed by atoms with Gasteiger partial charge in [0, 0.05) is 38.5 Å². The number of ether oxygens (including phenoxy) is 1. The van der Waals surface area contributed by atoms with Gasteiger partial charge in [0.1, 0.15) is 5.82 Å². The van der Waals surface area contributed by atoms with Crippen LogP contribution in [0.25, 0.3) is 0 Å². The Morgan fingerprint density at radius 1 is 1.30 bits per heavy atom. The molecule has 2 rings (SSSR count). The van der Waals surface area contributed by atoms with Crippen molar-refractivity contribution in [1.82, 2.24) is 10.3 Å². The van der Waals surface area contributed by atoms with Crippen LogP contribution >= 0.6 is 0 Å². The van der Waals surface area contributed by atoms with E-state index in [9.17, 15) is 0 Å². The summed E-state index contributed by atoms with van der Waals surface area (Å²) in [5.41, 5.74) is 1.37. The average molecular weight is 277 g/mol. The van der Waals surface area contributed by atoms with Crippen molar-refractivity contribution in [1.29, 1.82) is 0 Å². The molecule has 0 aliphatic carbocycles. The van der Waals surface area contributed by atoms with Gasteiger partial charge in [-0.1, -0.05) is 6.07 Å². The first-order valence-electron chi connectivity index (χ1n) is 7.45. The Labute approximate surface area is 122 Å². The maximum absolute atomic E-state index is 5.40. The van der Waals surface area contributed by atoms with E-state index in [2.05, 4.69) is 48.1 Å². The molecule has 0 aromatic carbocycles. The van der Waals surface area contributed by atoms with Gasteiger partial charge in [-0.15, -0.1) is 0 Å². The van der Waals surface area contributed by atoms with Gasteiger partial charge in [0.25, 0.3) is 0 Å². The molecule has 4 heteroatoms. The lowest BCUT2D eigenvalue weighted by Gasteiger charge is -2.32.